The first-order valence-electron chi connectivity index (χ1n) is 6.42. The van der Waals surface area contributed by atoms with Crippen LogP contribution in [0.4, 0.5) is 11.4 Å². The Morgan fingerprint density at radius 1 is 0.810 bits per heavy atom. The Hall–Kier alpha value is -2.53. The summed E-state index contributed by atoms with van der Waals surface area (Å²) in [5.74, 6) is 0. The molecule has 3 N–H and O–H groups in total. The lowest BCUT2D eigenvalue weighted by molar-refractivity contribution is 0.601. The Morgan fingerprint density at radius 3 is 2.19 bits per heavy atom. The predicted molar refractivity (Wildman–Crippen MR) is 85.6 cm³/mol. The maximum atomic E-state index is 12.4. The molecule has 106 valence electrons. The van der Waals surface area contributed by atoms with E-state index < -0.39 is 10.0 Å². The van der Waals surface area contributed by atoms with E-state index in [9.17, 15) is 8.42 Å². The molecule has 0 saturated carbocycles. The van der Waals surface area contributed by atoms with E-state index in [1.54, 1.807) is 42.5 Å². The van der Waals surface area contributed by atoms with Crippen molar-refractivity contribution in [2.24, 2.45) is 0 Å². The van der Waals surface area contributed by atoms with Crippen LogP contribution >= 0.6 is 0 Å². The van der Waals surface area contributed by atoms with Gasteiger partial charge in [0, 0.05) is 11.4 Å². The van der Waals surface area contributed by atoms with E-state index in [0.717, 1.165) is 10.8 Å². The first-order valence-corrected chi connectivity index (χ1v) is 7.90. The molecule has 3 aromatic carbocycles. The van der Waals surface area contributed by atoms with Crippen LogP contribution in [0.5, 0.6) is 0 Å². The molecule has 3 rings (SSSR count). The summed E-state index contributed by atoms with van der Waals surface area (Å²) in [6.45, 7) is 0. The molecule has 0 radical (unpaired) electrons. The number of benzene rings is 3. The molecule has 0 unspecified atom stereocenters. The second-order valence-corrected chi connectivity index (χ2v) is 6.42. The number of nitrogens with two attached hydrogens (primary N) is 1. The third kappa shape index (κ3) is 2.83. The number of nitrogen functional groups attached to an aromatic ring is 1. The van der Waals surface area contributed by atoms with Crippen molar-refractivity contribution in [3.63, 3.8) is 0 Å². The summed E-state index contributed by atoms with van der Waals surface area (Å²) >= 11 is 0. The molecule has 4 nitrogen and oxygen atoms in total. The molecule has 0 aliphatic carbocycles. The Labute approximate surface area is 123 Å². The lowest BCUT2D eigenvalue weighted by Crippen LogP contribution is -2.12. The first-order chi connectivity index (χ1) is 10.0. The molecular weight excluding hydrogens is 284 g/mol. The molecule has 0 aliphatic rings. The van der Waals surface area contributed by atoms with Crippen molar-refractivity contribution in [2.45, 2.75) is 4.90 Å². The Bertz CT molecular complexity index is 888. The van der Waals surface area contributed by atoms with Crippen LogP contribution < -0.4 is 10.5 Å². The van der Waals surface area contributed by atoms with Crippen LogP contribution in [0.25, 0.3) is 10.8 Å². The highest BCUT2D eigenvalue weighted by Crippen LogP contribution is 2.21. The van der Waals surface area contributed by atoms with Crippen molar-refractivity contribution in [3.8, 4) is 0 Å². The Kier molecular flexibility index (Phi) is 3.27. The molecule has 0 saturated heterocycles. The van der Waals surface area contributed by atoms with Crippen molar-refractivity contribution in [3.05, 3.63) is 66.7 Å². The van der Waals surface area contributed by atoms with Gasteiger partial charge in [0.1, 0.15) is 0 Å². The number of fused-ring (bicyclic) bond motifs is 1. The Morgan fingerprint density at radius 2 is 1.48 bits per heavy atom. The van der Waals surface area contributed by atoms with Gasteiger partial charge in [-0.3, -0.25) is 4.72 Å². The fraction of sp³-hybridized carbons (Fsp3) is 0. The highest BCUT2D eigenvalue weighted by Gasteiger charge is 2.14. The lowest BCUT2D eigenvalue weighted by atomic mass is 10.1. The van der Waals surface area contributed by atoms with Gasteiger partial charge < -0.3 is 5.73 Å². The van der Waals surface area contributed by atoms with E-state index in [2.05, 4.69) is 4.72 Å². The largest absolute Gasteiger partial charge is 0.399 e. The zero-order valence-corrected chi connectivity index (χ0v) is 12.0. The molecule has 0 bridgehead atoms. The molecule has 21 heavy (non-hydrogen) atoms. The summed E-state index contributed by atoms with van der Waals surface area (Å²) in [4.78, 5) is 0.234. The minimum atomic E-state index is -3.61. The maximum Gasteiger partial charge on any atom is 0.261 e. The predicted octanol–water partition coefficient (Wildman–Crippen LogP) is 3.22. The molecule has 0 fully saturated rings. The van der Waals surface area contributed by atoms with E-state index in [1.807, 2.05) is 24.3 Å². The number of hydrogen-bond donors (Lipinski definition) is 2. The number of hydrogen-bond acceptors (Lipinski definition) is 3. The number of nitrogens with one attached hydrogen (secondary N) is 1. The van der Waals surface area contributed by atoms with E-state index in [0.29, 0.717) is 11.4 Å². The van der Waals surface area contributed by atoms with Crippen LogP contribution in [0.1, 0.15) is 0 Å². The van der Waals surface area contributed by atoms with Crippen LogP contribution in [-0.4, -0.2) is 8.42 Å². The molecule has 0 amide bonds. The molecule has 0 aromatic heterocycles. The molecule has 0 aliphatic heterocycles. The molecule has 5 heteroatoms. The second kappa shape index (κ2) is 5.10. The second-order valence-electron chi connectivity index (χ2n) is 4.74. The van der Waals surface area contributed by atoms with E-state index >= 15 is 0 Å². The smallest absolute Gasteiger partial charge is 0.261 e. The standard InChI is InChI=1S/C16H14N2O2S/c17-14-6-8-15(9-7-14)18-21(19,20)16-10-5-12-3-1-2-4-13(12)11-16/h1-11,18H,17H2. The average molecular weight is 298 g/mol. The molecule has 0 atom stereocenters. The normalized spacial score (nSPS) is 11.4. The van der Waals surface area contributed by atoms with Gasteiger partial charge in [0.25, 0.3) is 10.0 Å². The van der Waals surface area contributed by atoms with Crippen molar-refractivity contribution < 1.29 is 8.42 Å². The third-order valence-corrected chi connectivity index (χ3v) is 4.57. The quantitative estimate of drug-likeness (QED) is 0.729. The van der Waals surface area contributed by atoms with Crippen molar-refractivity contribution in [1.29, 1.82) is 0 Å². The van der Waals surface area contributed by atoms with Crippen molar-refractivity contribution >= 4 is 32.2 Å². The zero-order chi connectivity index (χ0) is 14.9. The van der Waals surface area contributed by atoms with Gasteiger partial charge >= 0.3 is 0 Å². The van der Waals surface area contributed by atoms with Crippen LogP contribution in [0.3, 0.4) is 0 Å². The zero-order valence-electron chi connectivity index (χ0n) is 11.2. The summed E-state index contributed by atoms with van der Waals surface area (Å²) in [5.41, 5.74) is 6.66. The van der Waals surface area contributed by atoms with E-state index in [-0.39, 0.29) is 4.90 Å². The van der Waals surface area contributed by atoms with Gasteiger partial charge in [0.2, 0.25) is 0 Å². The van der Waals surface area contributed by atoms with Crippen molar-refractivity contribution in [1.82, 2.24) is 0 Å². The topological polar surface area (TPSA) is 72.2 Å². The van der Waals surface area contributed by atoms with Gasteiger partial charge in [-0.05, 0) is 47.2 Å². The van der Waals surface area contributed by atoms with Crippen molar-refractivity contribution in [2.75, 3.05) is 10.5 Å². The highest BCUT2D eigenvalue weighted by molar-refractivity contribution is 7.92. The summed E-state index contributed by atoms with van der Waals surface area (Å²) in [6, 6.07) is 19.3. The summed E-state index contributed by atoms with van der Waals surface area (Å²) in [7, 11) is -3.61. The van der Waals surface area contributed by atoms with E-state index in [4.69, 9.17) is 5.73 Å². The summed E-state index contributed by atoms with van der Waals surface area (Å²) in [6.07, 6.45) is 0. The summed E-state index contributed by atoms with van der Waals surface area (Å²) < 4.78 is 27.3. The molecule has 0 spiro atoms. The minimum absolute atomic E-state index is 0.234. The highest BCUT2D eigenvalue weighted by atomic mass is 32.2. The number of rotatable bonds is 3. The van der Waals surface area contributed by atoms with Gasteiger partial charge in [-0.15, -0.1) is 0 Å². The van der Waals surface area contributed by atoms with Gasteiger partial charge in [-0.1, -0.05) is 30.3 Å². The van der Waals surface area contributed by atoms with Gasteiger partial charge in [0.15, 0.2) is 0 Å². The monoisotopic (exact) mass is 298 g/mol. The van der Waals surface area contributed by atoms with Gasteiger partial charge in [0.05, 0.1) is 4.90 Å². The minimum Gasteiger partial charge on any atom is -0.399 e. The van der Waals surface area contributed by atoms with Crippen LogP contribution in [-0.2, 0) is 10.0 Å². The lowest BCUT2D eigenvalue weighted by Gasteiger charge is -2.09. The van der Waals surface area contributed by atoms with Crippen LogP contribution in [0, 0.1) is 0 Å². The maximum absolute atomic E-state index is 12.4. The van der Waals surface area contributed by atoms with Gasteiger partial charge in [-0.25, -0.2) is 8.42 Å². The first kappa shape index (κ1) is 13.5. The third-order valence-electron chi connectivity index (χ3n) is 3.19. The van der Waals surface area contributed by atoms with Crippen LogP contribution in [0.2, 0.25) is 0 Å². The molecular formula is C16H14N2O2S. The number of sulfonamides is 1. The molecule has 3 aromatic rings. The fourth-order valence-electron chi connectivity index (χ4n) is 2.10. The fourth-order valence-corrected chi connectivity index (χ4v) is 3.19. The summed E-state index contributed by atoms with van der Waals surface area (Å²) in [5, 5.41) is 1.89. The molecule has 0 heterocycles. The average Bonchev–Trinajstić information content (AvgIpc) is 2.49. The van der Waals surface area contributed by atoms with E-state index in [1.165, 1.54) is 0 Å². The van der Waals surface area contributed by atoms with Gasteiger partial charge in [-0.2, -0.15) is 0 Å². The number of anilines is 2. The Balaban J connectivity index is 1.97. The SMILES string of the molecule is Nc1ccc(NS(=O)(=O)c2ccc3ccccc3c2)cc1. The van der Waals surface area contributed by atoms with Crippen LogP contribution in [0.15, 0.2) is 71.6 Å².